The van der Waals surface area contributed by atoms with Crippen LogP contribution in [0.3, 0.4) is 0 Å². The van der Waals surface area contributed by atoms with Crippen LogP contribution in [0.5, 0.6) is 0 Å². The molecule has 1 unspecified atom stereocenters. The number of rotatable bonds is 8. The summed E-state index contributed by atoms with van der Waals surface area (Å²) in [4.78, 5) is 14.9. The molecule has 0 radical (unpaired) electrons. The number of carbonyl (C=O) groups is 1. The molecule has 128 valence electrons. The Bertz CT molecular complexity index is 642. The first-order chi connectivity index (χ1) is 11.7. The molecule has 0 aliphatic rings. The van der Waals surface area contributed by atoms with Gasteiger partial charge in [0.2, 0.25) is 5.91 Å². The van der Waals surface area contributed by atoms with Crippen molar-refractivity contribution in [2.75, 3.05) is 25.5 Å². The largest absolute Gasteiger partial charge is 0.324 e. The van der Waals surface area contributed by atoms with E-state index in [1.807, 2.05) is 60.5 Å². The lowest BCUT2D eigenvalue weighted by Gasteiger charge is -2.26. The second-order valence-corrected chi connectivity index (χ2v) is 5.86. The molecule has 4 heteroatoms. The van der Waals surface area contributed by atoms with Crippen LogP contribution in [0.4, 0.5) is 5.69 Å². The SMILES string of the molecule is CCNCc1cccc(NC(=O)C(c2ccccc2)N(C)CC)c1. The molecule has 2 N–H and O–H groups in total. The Balaban J connectivity index is 2.16. The van der Waals surface area contributed by atoms with E-state index in [4.69, 9.17) is 0 Å². The van der Waals surface area contributed by atoms with Gasteiger partial charge in [0.25, 0.3) is 0 Å². The van der Waals surface area contributed by atoms with Crippen LogP contribution in [0.2, 0.25) is 0 Å². The topological polar surface area (TPSA) is 44.4 Å². The fraction of sp³-hybridized carbons (Fsp3) is 0.350. The van der Waals surface area contributed by atoms with E-state index in [1.54, 1.807) is 0 Å². The summed E-state index contributed by atoms with van der Waals surface area (Å²) in [6.07, 6.45) is 0. The predicted molar refractivity (Wildman–Crippen MR) is 99.9 cm³/mol. The highest BCUT2D eigenvalue weighted by atomic mass is 16.2. The Labute approximate surface area is 144 Å². The first kappa shape index (κ1) is 18.2. The maximum atomic E-state index is 12.9. The van der Waals surface area contributed by atoms with Crippen LogP contribution in [0.1, 0.15) is 31.0 Å². The van der Waals surface area contributed by atoms with Gasteiger partial charge in [0.05, 0.1) is 0 Å². The standard InChI is InChI=1S/C20H27N3O/c1-4-21-15-16-10-9-13-18(14-16)22-20(24)19(23(3)5-2)17-11-7-6-8-12-17/h6-14,19,21H,4-5,15H2,1-3H3,(H,22,24). The average molecular weight is 325 g/mol. The van der Waals surface area contributed by atoms with Crippen molar-refractivity contribution in [3.63, 3.8) is 0 Å². The van der Waals surface area contributed by atoms with Crippen molar-refractivity contribution in [3.8, 4) is 0 Å². The summed E-state index contributed by atoms with van der Waals surface area (Å²) in [5.74, 6) is -0.00819. The number of hydrogen-bond donors (Lipinski definition) is 2. The fourth-order valence-corrected chi connectivity index (χ4v) is 2.66. The maximum Gasteiger partial charge on any atom is 0.246 e. The van der Waals surface area contributed by atoms with Crippen LogP contribution in [-0.4, -0.2) is 30.9 Å². The number of nitrogens with zero attached hydrogens (tertiary/aromatic N) is 1. The molecule has 0 spiro atoms. The first-order valence-corrected chi connectivity index (χ1v) is 8.51. The summed E-state index contributed by atoms with van der Waals surface area (Å²) in [6.45, 7) is 6.66. The predicted octanol–water partition coefficient (Wildman–Crippen LogP) is 3.43. The van der Waals surface area contributed by atoms with Gasteiger partial charge in [-0.05, 0) is 43.4 Å². The van der Waals surface area contributed by atoms with Crippen LogP contribution in [0.15, 0.2) is 54.6 Å². The number of benzene rings is 2. The van der Waals surface area contributed by atoms with Crippen molar-refractivity contribution < 1.29 is 4.79 Å². The van der Waals surface area contributed by atoms with Crippen LogP contribution < -0.4 is 10.6 Å². The zero-order chi connectivity index (χ0) is 17.4. The van der Waals surface area contributed by atoms with E-state index < -0.39 is 0 Å². The molecular formula is C20H27N3O. The number of amides is 1. The molecular weight excluding hydrogens is 298 g/mol. The van der Waals surface area contributed by atoms with Crippen molar-refractivity contribution in [1.82, 2.24) is 10.2 Å². The quantitative estimate of drug-likeness (QED) is 0.781. The third-order valence-corrected chi connectivity index (χ3v) is 4.08. The highest BCUT2D eigenvalue weighted by Gasteiger charge is 2.24. The lowest BCUT2D eigenvalue weighted by molar-refractivity contribution is -0.121. The normalized spacial score (nSPS) is 12.2. The summed E-state index contributed by atoms with van der Waals surface area (Å²) in [5, 5.41) is 6.36. The lowest BCUT2D eigenvalue weighted by Crippen LogP contribution is -2.34. The molecule has 0 saturated heterocycles. The Hall–Kier alpha value is -2.17. The van der Waals surface area contributed by atoms with Crippen LogP contribution in [-0.2, 0) is 11.3 Å². The van der Waals surface area contributed by atoms with Gasteiger partial charge in [0.1, 0.15) is 6.04 Å². The van der Waals surface area contributed by atoms with Crippen LogP contribution in [0, 0.1) is 0 Å². The van der Waals surface area contributed by atoms with E-state index in [1.165, 1.54) is 0 Å². The van der Waals surface area contributed by atoms with E-state index in [9.17, 15) is 4.79 Å². The molecule has 1 atom stereocenters. The second kappa shape index (κ2) is 9.21. The molecule has 0 aromatic heterocycles. The number of nitrogens with one attached hydrogen (secondary N) is 2. The Morgan fingerprint density at radius 2 is 1.83 bits per heavy atom. The van der Waals surface area contributed by atoms with Crippen LogP contribution in [0.25, 0.3) is 0 Å². The van der Waals surface area contributed by atoms with E-state index in [0.717, 1.165) is 36.4 Å². The molecule has 24 heavy (non-hydrogen) atoms. The second-order valence-electron chi connectivity index (χ2n) is 5.86. The number of carbonyl (C=O) groups excluding carboxylic acids is 1. The molecule has 2 aromatic rings. The zero-order valence-corrected chi connectivity index (χ0v) is 14.8. The highest BCUT2D eigenvalue weighted by molar-refractivity contribution is 5.95. The summed E-state index contributed by atoms with van der Waals surface area (Å²) < 4.78 is 0. The molecule has 4 nitrogen and oxygen atoms in total. The molecule has 0 fully saturated rings. The summed E-state index contributed by atoms with van der Waals surface area (Å²) >= 11 is 0. The summed E-state index contributed by atoms with van der Waals surface area (Å²) in [7, 11) is 1.97. The summed E-state index contributed by atoms with van der Waals surface area (Å²) in [5.41, 5.74) is 3.00. The van der Waals surface area contributed by atoms with Gasteiger partial charge in [-0.1, -0.05) is 56.3 Å². The van der Waals surface area contributed by atoms with Crippen molar-refractivity contribution in [1.29, 1.82) is 0 Å². The molecule has 2 aromatic carbocycles. The van der Waals surface area contributed by atoms with Gasteiger partial charge in [-0.25, -0.2) is 0 Å². The lowest BCUT2D eigenvalue weighted by atomic mass is 10.0. The number of hydrogen-bond acceptors (Lipinski definition) is 3. The first-order valence-electron chi connectivity index (χ1n) is 8.51. The molecule has 0 aliphatic heterocycles. The van der Waals surface area contributed by atoms with Crippen molar-refractivity contribution in [2.24, 2.45) is 0 Å². The minimum atomic E-state index is -0.298. The Kier molecular flexibility index (Phi) is 6.97. The smallest absolute Gasteiger partial charge is 0.246 e. The Morgan fingerprint density at radius 3 is 2.50 bits per heavy atom. The van der Waals surface area contributed by atoms with Crippen molar-refractivity contribution in [2.45, 2.75) is 26.4 Å². The third-order valence-electron chi connectivity index (χ3n) is 4.08. The molecule has 0 saturated carbocycles. The third kappa shape index (κ3) is 4.91. The number of likely N-dealkylation sites (N-methyl/N-ethyl adjacent to an activating group) is 1. The van der Waals surface area contributed by atoms with Crippen molar-refractivity contribution in [3.05, 3.63) is 65.7 Å². The van der Waals surface area contributed by atoms with Gasteiger partial charge >= 0.3 is 0 Å². The zero-order valence-electron chi connectivity index (χ0n) is 14.8. The van der Waals surface area contributed by atoms with Crippen LogP contribution >= 0.6 is 0 Å². The van der Waals surface area contributed by atoms with Gasteiger partial charge < -0.3 is 10.6 Å². The molecule has 1 amide bonds. The minimum Gasteiger partial charge on any atom is -0.324 e. The molecule has 2 rings (SSSR count). The van der Waals surface area contributed by atoms with Gasteiger partial charge in [-0.3, -0.25) is 9.69 Å². The van der Waals surface area contributed by atoms with Gasteiger partial charge in [0.15, 0.2) is 0 Å². The van der Waals surface area contributed by atoms with Gasteiger partial charge in [0, 0.05) is 12.2 Å². The monoisotopic (exact) mass is 325 g/mol. The summed E-state index contributed by atoms with van der Waals surface area (Å²) in [6, 6.07) is 17.6. The van der Waals surface area contributed by atoms with E-state index in [2.05, 4.69) is 30.5 Å². The van der Waals surface area contributed by atoms with Crippen molar-refractivity contribution >= 4 is 11.6 Å². The minimum absolute atomic E-state index is 0.00819. The number of anilines is 1. The Morgan fingerprint density at radius 1 is 1.08 bits per heavy atom. The van der Waals surface area contributed by atoms with E-state index in [0.29, 0.717) is 0 Å². The average Bonchev–Trinajstić information content (AvgIpc) is 2.61. The van der Waals surface area contributed by atoms with E-state index in [-0.39, 0.29) is 11.9 Å². The molecule has 0 aliphatic carbocycles. The molecule has 0 bridgehead atoms. The highest BCUT2D eigenvalue weighted by Crippen LogP contribution is 2.21. The fourth-order valence-electron chi connectivity index (χ4n) is 2.66. The maximum absolute atomic E-state index is 12.9. The van der Waals surface area contributed by atoms with E-state index >= 15 is 0 Å². The van der Waals surface area contributed by atoms with Gasteiger partial charge in [-0.2, -0.15) is 0 Å². The van der Waals surface area contributed by atoms with Gasteiger partial charge in [-0.15, -0.1) is 0 Å². The molecule has 0 heterocycles.